The van der Waals surface area contributed by atoms with Crippen LogP contribution in [0.15, 0.2) is 54.7 Å². The van der Waals surface area contributed by atoms with Gasteiger partial charge in [0.1, 0.15) is 5.75 Å². The molecule has 0 aliphatic rings. The maximum atomic E-state index is 12.6. The highest BCUT2D eigenvalue weighted by Gasteiger charge is 2.15. The molecular formula is C21H23N3O2. The third-order valence-corrected chi connectivity index (χ3v) is 3.97. The lowest BCUT2D eigenvalue weighted by molar-refractivity contribution is 0.0951. The van der Waals surface area contributed by atoms with Gasteiger partial charge >= 0.3 is 0 Å². The molecule has 0 unspecified atom stereocenters. The van der Waals surface area contributed by atoms with E-state index in [1.807, 2.05) is 69.3 Å². The van der Waals surface area contributed by atoms with Gasteiger partial charge in [-0.25, -0.2) is 0 Å². The van der Waals surface area contributed by atoms with Gasteiger partial charge in [-0.1, -0.05) is 42.0 Å². The summed E-state index contributed by atoms with van der Waals surface area (Å²) in [4.78, 5) is 12.6. The molecule has 134 valence electrons. The molecule has 5 nitrogen and oxygen atoms in total. The van der Waals surface area contributed by atoms with Crippen LogP contribution in [-0.4, -0.2) is 22.2 Å². The van der Waals surface area contributed by atoms with Crippen LogP contribution in [0.5, 0.6) is 5.75 Å². The predicted octanol–water partition coefficient (Wildman–Crippen LogP) is 4.10. The average molecular weight is 349 g/mol. The first-order valence-electron chi connectivity index (χ1n) is 8.67. The Labute approximate surface area is 153 Å². The van der Waals surface area contributed by atoms with E-state index in [0.29, 0.717) is 12.1 Å². The van der Waals surface area contributed by atoms with Crippen LogP contribution in [0.25, 0.3) is 11.3 Å². The molecule has 3 rings (SSSR count). The Morgan fingerprint density at radius 3 is 2.46 bits per heavy atom. The number of amides is 1. The number of carbonyl (C=O) groups is 1. The summed E-state index contributed by atoms with van der Waals surface area (Å²) in [6, 6.07) is 15.7. The van der Waals surface area contributed by atoms with Crippen molar-refractivity contribution in [2.24, 2.45) is 0 Å². The molecule has 5 heteroatoms. The minimum atomic E-state index is -0.156. The van der Waals surface area contributed by atoms with Crippen LogP contribution in [0.2, 0.25) is 0 Å². The number of H-pyrrole nitrogens is 1. The molecule has 0 spiro atoms. The number of carbonyl (C=O) groups excluding carboxylic acids is 1. The van der Waals surface area contributed by atoms with Crippen molar-refractivity contribution in [2.45, 2.75) is 33.4 Å². The molecule has 1 aromatic heterocycles. The summed E-state index contributed by atoms with van der Waals surface area (Å²) in [5, 5.41) is 9.90. The fraction of sp³-hybridized carbons (Fsp3) is 0.238. The Hall–Kier alpha value is -3.08. The molecule has 0 radical (unpaired) electrons. The van der Waals surface area contributed by atoms with Gasteiger partial charge in [-0.15, -0.1) is 0 Å². The van der Waals surface area contributed by atoms with E-state index >= 15 is 0 Å². The third-order valence-electron chi connectivity index (χ3n) is 3.97. The van der Waals surface area contributed by atoms with Crippen molar-refractivity contribution in [2.75, 3.05) is 0 Å². The second kappa shape index (κ2) is 7.87. The van der Waals surface area contributed by atoms with Crippen molar-refractivity contribution in [1.82, 2.24) is 15.5 Å². The van der Waals surface area contributed by atoms with Gasteiger partial charge < -0.3 is 10.1 Å². The fourth-order valence-electron chi connectivity index (χ4n) is 2.63. The molecule has 2 aromatic carbocycles. The first-order valence-corrected chi connectivity index (χ1v) is 8.67. The summed E-state index contributed by atoms with van der Waals surface area (Å²) >= 11 is 0. The molecule has 3 aromatic rings. The van der Waals surface area contributed by atoms with Crippen molar-refractivity contribution in [1.29, 1.82) is 0 Å². The van der Waals surface area contributed by atoms with Crippen LogP contribution in [-0.2, 0) is 6.54 Å². The fourth-order valence-corrected chi connectivity index (χ4v) is 2.63. The zero-order valence-electron chi connectivity index (χ0n) is 15.2. The van der Waals surface area contributed by atoms with Gasteiger partial charge in [-0.3, -0.25) is 9.89 Å². The van der Waals surface area contributed by atoms with Crippen molar-refractivity contribution in [3.05, 3.63) is 71.4 Å². The normalized spacial score (nSPS) is 10.8. The largest absolute Gasteiger partial charge is 0.491 e. The molecule has 0 aliphatic heterocycles. The number of benzene rings is 2. The van der Waals surface area contributed by atoms with Crippen LogP contribution in [0.4, 0.5) is 0 Å². The second-order valence-electron chi connectivity index (χ2n) is 6.52. The Kier molecular flexibility index (Phi) is 5.37. The van der Waals surface area contributed by atoms with Gasteiger partial charge in [0.25, 0.3) is 5.91 Å². The molecular weight excluding hydrogens is 326 g/mol. The molecule has 0 atom stereocenters. The number of hydrogen-bond acceptors (Lipinski definition) is 3. The summed E-state index contributed by atoms with van der Waals surface area (Å²) < 4.78 is 5.63. The summed E-state index contributed by atoms with van der Waals surface area (Å²) in [7, 11) is 0. The van der Waals surface area contributed by atoms with Gasteiger partial charge in [0.05, 0.1) is 23.6 Å². The molecule has 1 amide bonds. The van der Waals surface area contributed by atoms with Crippen molar-refractivity contribution in [3.8, 4) is 17.0 Å². The Bertz CT molecular complexity index is 865. The quantitative estimate of drug-likeness (QED) is 0.704. The number of aromatic nitrogens is 2. The summed E-state index contributed by atoms with van der Waals surface area (Å²) in [6.07, 6.45) is 1.70. The summed E-state index contributed by atoms with van der Waals surface area (Å²) in [5.41, 5.74) is 4.38. The van der Waals surface area contributed by atoms with E-state index in [1.54, 1.807) is 6.20 Å². The number of ether oxygens (including phenoxy) is 1. The molecule has 0 bridgehead atoms. The predicted molar refractivity (Wildman–Crippen MR) is 102 cm³/mol. The Morgan fingerprint density at radius 1 is 1.12 bits per heavy atom. The van der Waals surface area contributed by atoms with Gasteiger partial charge in [-0.2, -0.15) is 5.10 Å². The maximum absolute atomic E-state index is 12.6. The van der Waals surface area contributed by atoms with Crippen molar-refractivity contribution < 1.29 is 9.53 Å². The highest BCUT2D eigenvalue weighted by Crippen LogP contribution is 2.21. The molecule has 0 fully saturated rings. The van der Waals surface area contributed by atoms with Gasteiger partial charge in [0.2, 0.25) is 0 Å². The lowest BCUT2D eigenvalue weighted by Gasteiger charge is -2.10. The maximum Gasteiger partial charge on any atom is 0.255 e. The molecule has 26 heavy (non-hydrogen) atoms. The number of nitrogens with zero attached hydrogens (tertiary/aromatic N) is 1. The van der Waals surface area contributed by atoms with E-state index in [0.717, 1.165) is 22.6 Å². The average Bonchev–Trinajstić information content (AvgIpc) is 3.11. The molecule has 0 saturated carbocycles. The lowest BCUT2D eigenvalue weighted by atomic mass is 10.1. The number of rotatable bonds is 6. The molecule has 0 saturated heterocycles. The topological polar surface area (TPSA) is 67.0 Å². The van der Waals surface area contributed by atoms with Crippen LogP contribution < -0.4 is 10.1 Å². The second-order valence-corrected chi connectivity index (χ2v) is 6.52. The summed E-state index contributed by atoms with van der Waals surface area (Å²) in [5.74, 6) is 0.670. The van der Waals surface area contributed by atoms with E-state index in [2.05, 4.69) is 15.5 Å². The van der Waals surface area contributed by atoms with E-state index in [9.17, 15) is 4.79 Å². The number of nitrogens with one attached hydrogen (secondary N) is 2. The lowest BCUT2D eigenvalue weighted by Crippen LogP contribution is -2.23. The SMILES string of the molecule is Cc1ccc(-c2[nH]ncc2C(=O)NCc2ccc(OC(C)C)cc2)cc1. The highest BCUT2D eigenvalue weighted by atomic mass is 16.5. The minimum absolute atomic E-state index is 0.141. The summed E-state index contributed by atoms with van der Waals surface area (Å²) in [6.45, 7) is 6.45. The van der Waals surface area contributed by atoms with Crippen LogP contribution >= 0.6 is 0 Å². The Balaban J connectivity index is 1.66. The molecule has 2 N–H and O–H groups in total. The first kappa shape index (κ1) is 17.7. The van der Waals surface area contributed by atoms with Crippen LogP contribution in [0.1, 0.15) is 35.3 Å². The molecule has 0 aliphatic carbocycles. The first-order chi connectivity index (χ1) is 12.5. The zero-order chi connectivity index (χ0) is 18.5. The van der Waals surface area contributed by atoms with E-state index in [4.69, 9.17) is 4.74 Å². The standard InChI is InChI=1S/C21H23N3O2/c1-14(2)26-18-10-6-16(7-11-18)12-22-21(25)19-13-23-24-20(19)17-8-4-15(3)5-9-17/h4-11,13-14H,12H2,1-3H3,(H,22,25)(H,23,24). The van der Waals surface area contributed by atoms with Gasteiger partial charge in [0, 0.05) is 12.1 Å². The van der Waals surface area contributed by atoms with E-state index in [-0.39, 0.29) is 12.0 Å². The zero-order valence-corrected chi connectivity index (χ0v) is 15.2. The van der Waals surface area contributed by atoms with Gasteiger partial charge in [-0.05, 0) is 38.5 Å². The Morgan fingerprint density at radius 2 is 1.81 bits per heavy atom. The van der Waals surface area contributed by atoms with E-state index in [1.165, 1.54) is 5.56 Å². The molecule has 1 heterocycles. The van der Waals surface area contributed by atoms with Crippen molar-refractivity contribution >= 4 is 5.91 Å². The van der Waals surface area contributed by atoms with Crippen LogP contribution in [0.3, 0.4) is 0 Å². The number of aryl methyl sites for hydroxylation is 1. The highest BCUT2D eigenvalue weighted by molar-refractivity contribution is 5.99. The third kappa shape index (κ3) is 4.30. The monoisotopic (exact) mass is 349 g/mol. The van der Waals surface area contributed by atoms with Gasteiger partial charge in [0.15, 0.2) is 0 Å². The van der Waals surface area contributed by atoms with Crippen molar-refractivity contribution in [3.63, 3.8) is 0 Å². The minimum Gasteiger partial charge on any atom is -0.491 e. The van der Waals surface area contributed by atoms with Crippen LogP contribution in [0, 0.1) is 6.92 Å². The smallest absolute Gasteiger partial charge is 0.255 e. The number of hydrogen-bond donors (Lipinski definition) is 2. The van der Waals surface area contributed by atoms with E-state index < -0.39 is 0 Å². The number of aromatic amines is 1.